The maximum absolute atomic E-state index is 11.9. The maximum atomic E-state index is 11.9. The summed E-state index contributed by atoms with van der Waals surface area (Å²) in [5, 5.41) is 6.86. The number of benzene rings is 1. The van der Waals surface area contributed by atoms with Crippen LogP contribution in [0.25, 0.3) is 0 Å². The van der Waals surface area contributed by atoms with E-state index in [1.54, 1.807) is 6.33 Å². The second-order valence-corrected chi connectivity index (χ2v) is 9.15. The first-order valence-electron chi connectivity index (χ1n) is 11.5. The molecule has 0 saturated carbocycles. The lowest BCUT2D eigenvalue weighted by Crippen LogP contribution is -2.50. The van der Waals surface area contributed by atoms with E-state index in [9.17, 15) is 4.79 Å². The first-order chi connectivity index (χ1) is 15.7. The van der Waals surface area contributed by atoms with Crippen LogP contribution in [0.15, 0.2) is 30.6 Å². The molecule has 1 unspecified atom stereocenters. The van der Waals surface area contributed by atoms with Gasteiger partial charge >= 0.3 is 0 Å². The summed E-state index contributed by atoms with van der Waals surface area (Å²) in [4.78, 5) is 28.1. The fraction of sp³-hybridized carbons (Fsp3) is 0.522. The number of carbonyl (C=O) groups is 1. The number of piperidine rings is 1. The molecule has 2 N–H and O–H groups in total. The number of anilines is 3. The number of hydrogen-bond acceptors (Lipinski definition) is 7. The van der Waals surface area contributed by atoms with Gasteiger partial charge in [-0.05, 0) is 37.6 Å². The van der Waals surface area contributed by atoms with Crippen LogP contribution < -0.4 is 15.5 Å². The Balaban J connectivity index is 1.33. The molecule has 8 nitrogen and oxygen atoms in total. The molecule has 0 radical (unpaired) electrons. The van der Waals surface area contributed by atoms with Gasteiger partial charge in [-0.2, -0.15) is 0 Å². The minimum absolute atomic E-state index is 0.0625. The summed E-state index contributed by atoms with van der Waals surface area (Å²) in [5.41, 5.74) is 1.90. The van der Waals surface area contributed by atoms with Crippen molar-refractivity contribution in [1.29, 1.82) is 0 Å². The van der Waals surface area contributed by atoms with E-state index < -0.39 is 0 Å². The number of aromatic nitrogens is 2. The van der Waals surface area contributed by atoms with Crippen molar-refractivity contribution in [3.05, 3.63) is 41.2 Å². The number of nitrogens with zero attached hydrogens (tertiary/aromatic N) is 5. The van der Waals surface area contributed by atoms with Crippen LogP contribution in [0, 0.1) is 0 Å². The number of carbonyl (C=O) groups excluding carboxylic acids is 1. The van der Waals surface area contributed by atoms with E-state index >= 15 is 0 Å². The predicted molar refractivity (Wildman–Crippen MR) is 127 cm³/mol. The van der Waals surface area contributed by atoms with Gasteiger partial charge < -0.3 is 20.4 Å². The van der Waals surface area contributed by atoms with Crippen molar-refractivity contribution in [1.82, 2.24) is 19.8 Å². The van der Waals surface area contributed by atoms with Crippen LogP contribution in [0.5, 0.6) is 0 Å². The van der Waals surface area contributed by atoms with Crippen molar-refractivity contribution in [2.45, 2.75) is 25.3 Å². The third kappa shape index (κ3) is 4.53. The molecule has 170 valence electrons. The normalized spacial score (nSPS) is 20.9. The standard InChI is InChI=1S/C23H30ClN7O/c24-18-7-3-2-6-17(18)19(15-29-8-4-1-5-9-29)30-10-12-31(13-11-30)23-21-22(26-16-27-23)25-14-20(32)28-21/h2-3,6-7,16,19H,1,4-5,8-15H2,(H,28,32)(H,25,26,27). The van der Waals surface area contributed by atoms with Crippen LogP contribution in [0.3, 0.4) is 0 Å². The van der Waals surface area contributed by atoms with Crippen molar-refractivity contribution in [2.75, 3.05) is 67.9 Å². The van der Waals surface area contributed by atoms with E-state index in [0.717, 1.165) is 43.6 Å². The van der Waals surface area contributed by atoms with Crippen LogP contribution in [-0.2, 0) is 4.79 Å². The fourth-order valence-corrected chi connectivity index (χ4v) is 5.26. The topological polar surface area (TPSA) is 76.6 Å². The Bertz CT molecular complexity index is 957. The quantitative estimate of drug-likeness (QED) is 0.717. The van der Waals surface area contributed by atoms with Gasteiger partial charge in [-0.3, -0.25) is 9.69 Å². The number of rotatable bonds is 5. The Morgan fingerprint density at radius 2 is 1.78 bits per heavy atom. The van der Waals surface area contributed by atoms with Crippen LogP contribution in [0.1, 0.15) is 30.9 Å². The maximum Gasteiger partial charge on any atom is 0.243 e. The molecule has 1 aromatic heterocycles. The highest BCUT2D eigenvalue weighted by Crippen LogP contribution is 2.34. The largest absolute Gasteiger partial charge is 0.359 e. The second kappa shape index (κ2) is 9.60. The van der Waals surface area contributed by atoms with E-state index in [0.29, 0.717) is 11.5 Å². The number of halogens is 1. The number of amides is 1. The monoisotopic (exact) mass is 455 g/mol. The average Bonchev–Trinajstić information content (AvgIpc) is 2.83. The lowest BCUT2D eigenvalue weighted by atomic mass is 10.0. The minimum atomic E-state index is -0.0625. The zero-order valence-corrected chi connectivity index (χ0v) is 19.0. The highest BCUT2D eigenvalue weighted by Gasteiger charge is 2.31. The number of likely N-dealkylation sites (tertiary alicyclic amines) is 1. The highest BCUT2D eigenvalue weighted by atomic mass is 35.5. The van der Waals surface area contributed by atoms with E-state index in [1.165, 1.54) is 37.9 Å². The molecular weight excluding hydrogens is 426 g/mol. The Hall–Kier alpha value is -2.42. The number of piperazine rings is 1. The van der Waals surface area contributed by atoms with Gasteiger partial charge in [0.25, 0.3) is 0 Å². The molecule has 0 spiro atoms. The third-order valence-corrected chi connectivity index (χ3v) is 7.05. The molecule has 2 aromatic rings. The third-order valence-electron chi connectivity index (χ3n) is 6.71. The molecule has 3 aliphatic heterocycles. The molecule has 2 fully saturated rings. The van der Waals surface area contributed by atoms with E-state index in [-0.39, 0.29) is 18.5 Å². The molecule has 4 heterocycles. The SMILES string of the molecule is O=C1CNc2ncnc(N3CCN(C(CN4CCCCC4)c4ccccc4Cl)CC3)c2N1. The number of fused-ring (bicyclic) bond motifs is 1. The van der Waals surface area contributed by atoms with Crippen molar-refractivity contribution in [3.8, 4) is 0 Å². The van der Waals surface area contributed by atoms with Crippen molar-refractivity contribution >= 4 is 34.8 Å². The van der Waals surface area contributed by atoms with Gasteiger partial charge in [0, 0.05) is 43.8 Å². The molecule has 0 bridgehead atoms. The van der Waals surface area contributed by atoms with Gasteiger partial charge in [0.2, 0.25) is 5.91 Å². The predicted octanol–water partition coefficient (Wildman–Crippen LogP) is 2.84. The van der Waals surface area contributed by atoms with Gasteiger partial charge in [0.1, 0.15) is 12.0 Å². The van der Waals surface area contributed by atoms with Gasteiger partial charge in [0.05, 0.1) is 6.54 Å². The minimum Gasteiger partial charge on any atom is -0.359 e. The van der Waals surface area contributed by atoms with Crippen molar-refractivity contribution in [2.24, 2.45) is 0 Å². The fourth-order valence-electron chi connectivity index (χ4n) is 5.00. The Morgan fingerprint density at radius 3 is 2.56 bits per heavy atom. The van der Waals surface area contributed by atoms with Gasteiger partial charge in [-0.15, -0.1) is 0 Å². The van der Waals surface area contributed by atoms with Crippen molar-refractivity contribution in [3.63, 3.8) is 0 Å². The van der Waals surface area contributed by atoms with Crippen LogP contribution in [0.2, 0.25) is 5.02 Å². The molecule has 1 amide bonds. The summed E-state index contributed by atoms with van der Waals surface area (Å²) in [6.45, 7) is 7.07. The first-order valence-corrected chi connectivity index (χ1v) is 11.9. The molecule has 1 aromatic carbocycles. The molecule has 9 heteroatoms. The summed E-state index contributed by atoms with van der Waals surface area (Å²) >= 11 is 6.65. The second-order valence-electron chi connectivity index (χ2n) is 8.74. The van der Waals surface area contributed by atoms with Gasteiger partial charge in [-0.25, -0.2) is 9.97 Å². The summed E-state index contributed by atoms with van der Waals surface area (Å²) in [7, 11) is 0. The van der Waals surface area contributed by atoms with Crippen LogP contribution >= 0.6 is 11.6 Å². The Morgan fingerprint density at radius 1 is 1.00 bits per heavy atom. The molecule has 5 rings (SSSR count). The molecule has 0 aliphatic carbocycles. The zero-order valence-electron chi connectivity index (χ0n) is 18.3. The van der Waals surface area contributed by atoms with Gasteiger partial charge in [-0.1, -0.05) is 36.2 Å². The number of nitrogens with one attached hydrogen (secondary N) is 2. The Kier molecular flexibility index (Phi) is 6.43. The van der Waals surface area contributed by atoms with E-state index in [1.807, 2.05) is 12.1 Å². The summed E-state index contributed by atoms with van der Waals surface area (Å²) in [5.74, 6) is 1.42. The van der Waals surface area contributed by atoms with Crippen LogP contribution in [0.4, 0.5) is 17.3 Å². The zero-order chi connectivity index (χ0) is 21.9. The molecule has 1 atom stereocenters. The summed E-state index contributed by atoms with van der Waals surface area (Å²) < 4.78 is 0. The number of hydrogen-bond donors (Lipinski definition) is 2. The smallest absolute Gasteiger partial charge is 0.243 e. The Labute approximate surface area is 193 Å². The lowest BCUT2D eigenvalue weighted by molar-refractivity contribution is -0.114. The van der Waals surface area contributed by atoms with E-state index in [2.05, 4.69) is 47.4 Å². The summed E-state index contributed by atoms with van der Waals surface area (Å²) in [6.07, 6.45) is 5.46. The molecule has 2 saturated heterocycles. The molecular formula is C23H30ClN7O. The lowest BCUT2D eigenvalue weighted by Gasteiger charge is -2.42. The molecule has 32 heavy (non-hydrogen) atoms. The summed E-state index contributed by atoms with van der Waals surface area (Å²) in [6, 6.07) is 8.53. The average molecular weight is 456 g/mol. The molecule has 3 aliphatic rings. The van der Waals surface area contributed by atoms with Crippen LogP contribution in [-0.4, -0.2) is 78.0 Å². The van der Waals surface area contributed by atoms with Crippen molar-refractivity contribution < 1.29 is 4.79 Å². The highest BCUT2D eigenvalue weighted by molar-refractivity contribution is 6.31. The van der Waals surface area contributed by atoms with E-state index in [4.69, 9.17) is 11.6 Å². The van der Waals surface area contributed by atoms with Gasteiger partial charge in [0.15, 0.2) is 11.6 Å². The first kappa shape index (κ1) is 21.4.